The molecule has 46 heavy (non-hydrogen) atoms. The fourth-order valence-electron chi connectivity index (χ4n) is 6.93. The van der Waals surface area contributed by atoms with Gasteiger partial charge in [-0.3, -0.25) is 0 Å². The van der Waals surface area contributed by atoms with Crippen LogP contribution in [0, 0.1) is 0 Å². The second-order valence-electron chi connectivity index (χ2n) is 12.2. The summed E-state index contributed by atoms with van der Waals surface area (Å²) in [6.45, 7) is 10.7. The van der Waals surface area contributed by atoms with Crippen LogP contribution in [0.25, 0.3) is 67.4 Å². The highest BCUT2D eigenvalue weighted by Crippen LogP contribution is 2.49. The van der Waals surface area contributed by atoms with Gasteiger partial charge < -0.3 is 9.13 Å². The van der Waals surface area contributed by atoms with E-state index in [4.69, 9.17) is 15.0 Å². The third kappa shape index (κ3) is 4.20. The predicted octanol–water partition coefficient (Wildman–Crippen LogP) is 10.0. The molecule has 0 saturated carbocycles. The highest BCUT2D eigenvalue weighted by molar-refractivity contribution is 6.13. The first kappa shape index (κ1) is 27.7. The maximum atomic E-state index is 5.02. The van der Waals surface area contributed by atoms with Gasteiger partial charge in [0.05, 0.1) is 16.7 Å². The highest BCUT2D eigenvalue weighted by Gasteiger charge is 2.39. The number of benzene rings is 4. The molecule has 4 heterocycles. The summed E-state index contributed by atoms with van der Waals surface area (Å²) in [6, 6.07) is 35.5. The first-order valence-corrected chi connectivity index (χ1v) is 15.6. The highest BCUT2D eigenvalue weighted by atomic mass is 15.1. The lowest BCUT2D eigenvalue weighted by molar-refractivity contribution is 0.646. The van der Waals surface area contributed by atoms with Crippen molar-refractivity contribution < 1.29 is 0 Å². The van der Waals surface area contributed by atoms with Gasteiger partial charge in [0.2, 0.25) is 0 Å². The number of hydrogen-bond donors (Lipinski definition) is 0. The van der Waals surface area contributed by atoms with E-state index in [0.717, 1.165) is 33.3 Å². The third-order valence-corrected chi connectivity index (χ3v) is 9.07. The van der Waals surface area contributed by atoms with Crippen LogP contribution >= 0.6 is 0 Å². The van der Waals surface area contributed by atoms with Gasteiger partial charge in [0.1, 0.15) is 0 Å². The molecule has 5 nitrogen and oxygen atoms in total. The summed E-state index contributed by atoms with van der Waals surface area (Å²) in [4.78, 5) is 14.9. The second kappa shape index (κ2) is 10.7. The Labute approximate surface area is 268 Å². The van der Waals surface area contributed by atoms with Crippen molar-refractivity contribution in [3.8, 4) is 39.9 Å². The van der Waals surface area contributed by atoms with Gasteiger partial charge >= 0.3 is 0 Å². The number of hydrogen-bond acceptors (Lipinski definition) is 3. The minimum atomic E-state index is -0.183. The third-order valence-electron chi connectivity index (χ3n) is 9.07. The van der Waals surface area contributed by atoms with E-state index >= 15 is 0 Å². The molecular weight excluding hydrogens is 562 g/mol. The van der Waals surface area contributed by atoms with E-state index in [1.807, 2.05) is 72.8 Å². The molecule has 8 rings (SSSR count). The predicted molar refractivity (Wildman–Crippen MR) is 190 cm³/mol. The second-order valence-corrected chi connectivity index (χ2v) is 12.2. The molecule has 1 aliphatic rings. The van der Waals surface area contributed by atoms with Gasteiger partial charge in [0.25, 0.3) is 0 Å². The first-order chi connectivity index (χ1) is 22.5. The molecule has 0 bridgehead atoms. The number of aromatic nitrogens is 5. The van der Waals surface area contributed by atoms with Crippen LogP contribution < -0.4 is 0 Å². The summed E-state index contributed by atoms with van der Waals surface area (Å²) in [7, 11) is 0. The minimum absolute atomic E-state index is 0.183. The lowest BCUT2D eigenvalue weighted by atomic mass is 9.83. The van der Waals surface area contributed by atoms with Crippen molar-refractivity contribution in [1.82, 2.24) is 24.1 Å². The quantitative estimate of drug-likeness (QED) is 0.180. The van der Waals surface area contributed by atoms with Crippen LogP contribution in [0.3, 0.4) is 0 Å². The van der Waals surface area contributed by atoms with Crippen LogP contribution in [0.2, 0.25) is 0 Å². The van der Waals surface area contributed by atoms with Crippen molar-refractivity contribution in [2.45, 2.75) is 26.2 Å². The van der Waals surface area contributed by atoms with Crippen molar-refractivity contribution in [3.63, 3.8) is 0 Å². The molecule has 0 amide bonds. The average molecular weight is 596 g/mol. The largest absolute Gasteiger partial charge is 0.317 e. The smallest absolute Gasteiger partial charge is 0.164 e. The van der Waals surface area contributed by atoms with Gasteiger partial charge in [-0.25, -0.2) is 15.0 Å². The molecule has 1 aliphatic heterocycles. The van der Waals surface area contributed by atoms with Crippen molar-refractivity contribution in [3.05, 3.63) is 151 Å². The maximum Gasteiger partial charge on any atom is 0.164 e. The number of fused-ring (bicyclic) bond motifs is 7. The van der Waals surface area contributed by atoms with Crippen LogP contribution in [-0.2, 0) is 5.41 Å². The van der Waals surface area contributed by atoms with E-state index in [0.29, 0.717) is 17.5 Å². The van der Waals surface area contributed by atoms with Crippen LogP contribution in [0.15, 0.2) is 140 Å². The van der Waals surface area contributed by atoms with Gasteiger partial charge in [-0.05, 0) is 42.8 Å². The van der Waals surface area contributed by atoms with Crippen LogP contribution in [0.5, 0.6) is 0 Å². The van der Waals surface area contributed by atoms with Gasteiger partial charge in [-0.15, -0.1) is 0 Å². The summed E-state index contributed by atoms with van der Waals surface area (Å²) in [5.74, 6) is 1.95. The Morgan fingerprint density at radius 3 is 1.96 bits per heavy atom. The Kier molecular flexibility index (Phi) is 6.43. The zero-order valence-corrected chi connectivity index (χ0v) is 26.1. The lowest BCUT2D eigenvalue weighted by Crippen LogP contribution is -2.16. The van der Waals surface area contributed by atoms with Crippen molar-refractivity contribution in [1.29, 1.82) is 0 Å². The Morgan fingerprint density at radius 2 is 1.33 bits per heavy atom. The molecule has 3 aromatic heterocycles. The SMILES string of the molecule is C=CC=CC(=CC)n1c2ccc(-c3nc(-c4ccccc4)nc(-c4ccccc4)n3)cc2c2cn3c(c21)C(C)(C)c1ccccc1-3. The van der Waals surface area contributed by atoms with E-state index in [-0.39, 0.29) is 5.41 Å². The molecule has 5 heteroatoms. The summed E-state index contributed by atoms with van der Waals surface area (Å²) in [5, 5.41) is 2.35. The van der Waals surface area contributed by atoms with Gasteiger partial charge in [0.15, 0.2) is 17.5 Å². The van der Waals surface area contributed by atoms with E-state index in [9.17, 15) is 0 Å². The Bertz CT molecular complexity index is 2290. The summed E-state index contributed by atoms with van der Waals surface area (Å²) >= 11 is 0. The van der Waals surface area contributed by atoms with Crippen LogP contribution in [0.1, 0.15) is 32.0 Å². The van der Waals surface area contributed by atoms with Crippen LogP contribution in [-0.4, -0.2) is 24.1 Å². The Hall–Kier alpha value is -5.81. The standard InChI is InChI=1S/C41H33N5/c1-5-7-20-30(6-2)46-34-24-23-29(25-31(34)32-26-45-35-22-15-14-21-33(35)41(3,4)37(45)36(32)46)40-43-38(27-16-10-8-11-17-27)42-39(44-40)28-18-12-9-13-19-28/h5-26H,1H2,2-4H3. The lowest BCUT2D eigenvalue weighted by Gasteiger charge is -2.21. The molecule has 4 aromatic carbocycles. The van der Waals surface area contributed by atoms with Gasteiger partial charge in [-0.1, -0.05) is 118 Å². The molecule has 0 atom stereocenters. The molecule has 7 aromatic rings. The van der Waals surface area contributed by atoms with E-state index in [1.54, 1.807) is 0 Å². The van der Waals surface area contributed by atoms with Gasteiger partial charge in [0, 0.05) is 50.5 Å². The summed E-state index contributed by atoms with van der Waals surface area (Å²) in [5.41, 5.74) is 9.94. The molecular formula is C41H33N5. The minimum Gasteiger partial charge on any atom is -0.317 e. The van der Waals surface area contributed by atoms with Crippen molar-refractivity contribution in [2.75, 3.05) is 0 Å². The fourth-order valence-corrected chi connectivity index (χ4v) is 6.93. The normalized spacial score (nSPS) is 13.8. The Balaban J connectivity index is 1.41. The summed E-state index contributed by atoms with van der Waals surface area (Å²) in [6.07, 6.45) is 10.4. The zero-order chi connectivity index (χ0) is 31.4. The van der Waals surface area contributed by atoms with E-state index in [1.165, 1.54) is 27.8 Å². The Morgan fingerprint density at radius 1 is 0.717 bits per heavy atom. The molecule has 0 N–H and O–H groups in total. The molecule has 0 aliphatic carbocycles. The van der Waals surface area contributed by atoms with Crippen molar-refractivity contribution >= 4 is 27.5 Å². The number of nitrogens with zero attached hydrogens (tertiary/aromatic N) is 5. The average Bonchev–Trinajstić information content (AvgIpc) is 3.71. The molecule has 0 radical (unpaired) electrons. The number of para-hydroxylation sites is 1. The van der Waals surface area contributed by atoms with E-state index < -0.39 is 0 Å². The molecule has 222 valence electrons. The zero-order valence-electron chi connectivity index (χ0n) is 26.1. The van der Waals surface area contributed by atoms with Crippen LogP contribution in [0.4, 0.5) is 0 Å². The topological polar surface area (TPSA) is 48.5 Å². The van der Waals surface area contributed by atoms with E-state index in [2.05, 4.69) is 97.3 Å². The first-order valence-electron chi connectivity index (χ1n) is 15.6. The molecule has 0 spiro atoms. The molecule has 0 unspecified atom stereocenters. The number of rotatable bonds is 6. The fraction of sp³-hybridized carbons (Fsp3) is 0.0976. The monoisotopic (exact) mass is 595 g/mol. The molecule has 0 saturated heterocycles. The number of allylic oxidation sites excluding steroid dienone is 5. The molecule has 0 fully saturated rings. The van der Waals surface area contributed by atoms with Gasteiger partial charge in [-0.2, -0.15) is 0 Å². The summed E-state index contributed by atoms with van der Waals surface area (Å²) < 4.78 is 4.78. The maximum absolute atomic E-state index is 5.02. The van der Waals surface area contributed by atoms with Crippen molar-refractivity contribution in [2.24, 2.45) is 0 Å².